The highest BCUT2D eigenvalue weighted by molar-refractivity contribution is 5.33. The molecule has 0 saturated heterocycles. The summed E-state index contributed by atoms with van der Waals surface area (Å²) in [6, 6.07) is 7.49. The Bertz CT molecular complexity index is 363. The number of rotatable bonds is 6. The quantitative estimate of drug-likeness (QED) is 0.557. The zero-order chi connectivity index (χ0) is 11.8. The molecule has 0 atom stereocenters. The van der Waals surface area contributed by atoms with E-state index < -0.39 is 0 Å². The number of aromatic hydroxyl groups is 1. The van der Waals surface area contributed by atoms with Crippen LogP contribution in [0.15, 0.2) is 48.6 Å². The molecule has 0 amide bonds. The van der Waals surface area contributed by atoms with Gasteiger partial charge in [0.25, 0.3) is 0 Å². The Kier molecular flexibility index (Phi) is 5.41. The van der Waals surface area contributed by atoms with E-state index >= 15 is 0 Å². The van der Waals surface area contributed by atoms with Gasteiger partial charge in [-0.15, -0.1) is 6.58 Å². The Labute approximate surface area is 98.1 Å². The third-order valence-electron chi connectivity index (χ3n) is 2.64. The summed E-state index contributed by atoms with van der Waals surface area (Å²) in [6.07, 6.45) is 8.30. The number of phenols is 1. The Hall–Kier alpha value is -1.50. The van der Waals surface area contributed by atoms with Crippen molar-refractivity contribution in [2.75, 3.05) is 0 Å². The van der Waals surface area contributed by atoms with Crippen molar-refractivity contribution in [1.82, 2.24) is 0 Å². The van der Waals surface area contributed by atoms with Crippen LogP contribution in [-0.4, -0.2) is 5.11 Å². The second-order valence-electron chi connectivity index (χ2n) is 4.06. The molecule has 0 aliphatic heterocycles. The van der Waals surface area contributed by atoms with E-state index in [1.807, 2.05) is 24.3 Å². The van der Waals surface area contributed by atoms with Gasteiger partial charge in [-0.05, 0) is 44.2 Å². The Morgan fingerprint density at radius 1 is 1.38 bits per heavy atom. The molecule has 0 radical (unpaired) electrons. The van der Waals surface area contributed by atoms with Crippen molar-refractivity contribution in [3.8, 4) is 5.75 Å². The average molecular weight is 216 g/mol. The number of benzene rings is 1. The van der Waals surface area contributed by atoms with E-state index in [-0.39, 0.29) is 0 Å². The number of para-hydroxylation sites is 1. The van der Waals surface area contributed by atoms with Gasteiger partial charge in [0.15, 0.2) is 0 Å². The molecule has 0 fully saturated rings. The molecule has 0 aliphatic carbocycles. The van der Waals surface area contributed by atoms with E-state index in [1.54, 1.807) is 6.07 Å². The Morgan fingerprint density at radius 3 is 2.81 bits per heavy atom. The normalized spacial score (nSPS) is 11.4. The van der Waals surface area contributed by atoms with Gasteiger partial charge in [-0.2, -0.15) is 0 Å². The van der Waals surface area contributed by atoms with Crippen LogP contribution < -0.4 is 0 Å². The summed E-state index contributed by atoms with van der Waals surface area (Å²) in [7, 11) is 0. The van der Waals surface area contributed by atoms with Gasteiger partial charge in [-0.1, -0.05) is 35.9 Å². The van der Waals surface area contributed by atoms with Gasteiger partial charge >= 0.3 is 0 Å². The zero-order valence-electron chi connectivity index (χ0n) is 9.95. The van der Waals surface area contributed by atoms with Crippen LogP contribution in [-0.2, 0) is 6.42 Å². The van der Waals surface area contributed by atoms with Crippen molar-refractivity contribution >= 4 is 0 Å². The van der Waals surface area contributed by atoms with Crippen molar-refractivity contribution in [2.45, 2.75) is 32.6 Å². The van der Waals surface area contributed by atoms with E-state index in [1.165, 1.54) is 5.57 Å². The van der Waals surface area contributed by atoms with Gasteiger partial charge < -0.3 is 5.11 Å². The molecule has 1 rings (SSSR count). The van der Waals surface area contributed by atoms with Gasteiger partial charge in [-0.3, -0.25) is 0 Å². The van der Waals surface area contributed by atoms with Crippen molar-refractivity contribution < 1.29 is 5.11 Å². The smallest absolute Gasteiger partial charge is 0.119 e. The van der Waals surface area contributed by atoms with E-state index in [0.717, 1.165) is 31.2 Å². The molecule has 1 nitrogen and oxygen atoms in total. The minimum absolute atomic E-state index is 0.387. The lowest BCUT2D eigenvalue weighted by Gasteiger charge is -2.02. The molecule has 86 valence electrons. The second kappa shape index (κ2) is 6.89. The summed E-state index contributed by atoms with van der Waals surface area (Å²) in [5.74, 6) is 0.387. The van der Waals surface area contributed by atoms with Gasteiger partial charge in [0, 0.05) is 0 Å². The van der Waals surface area contributed by atoms with Crippen LogP contribution in [0.4, 0.5) is 0 Å². The summed E-state index contributed by atoms with van der Waals surface area (Å²) in [5.41, 5.74) is 2.37. The molecular formula is C15H20O. The topological polar surface area (TPSA) is 20.2 Å². The molecule has 0 saturated carbocycles. The summed E-state index contributed by atoms with van der Waals surface area (Å²) < 4.78 is 0. The molecule has 0 spiro atoms. The minimum atomic E-state index is 0.387. The molecule has 0 unspecified atom stereocenters. The molecule has 1 aromatic rings. The summed E-state index contributed by atoms with van der Waals surface area (Å²) in [4.78, 5) is 0. The predicted octanol–water partition coefficient (Wildman–Crippen LogP) is 4.24. The molecular weight excluding hydrogens is 196 g/mol. The first kappa shape index (κ1) is 12.6. The van der Waals surface area contributed by atoms with Gasteiger partial charge in [0.2, 0.25) is 0 Å². The van der Waals surface area contributed by atoms with Crippen LogP contribution in [0, 0.1) is 0 Å². The van der Waals surface area contributed by atoms with E-state index in [2.05, 4.69) is 19.6 Å². The number of unbranched alkanes of at least 4 members (excludes halogenated alkanes) is 1. The third kappa shape index (κ3) is 4.35. The van der Waals surface area contributed by atoms with Crippen LogP contribution in [0.5, 0.6) is 5.75 Å². The Balaban J connectivity index is 2.46. The van der Waals surface area contributed by atoms with Crippen LogP contribution in [0.25, 0.3) is 0 Å². The molecule has 1 aromatic carbocycles. The monoisotopic (exact) mass is 216 g/mol. The molecule has 0 bridgehead atoms. The molecule has 1 N–H and O–H groups in total. The maximum Gasteiger partial charge on any atom is 0.119 e. The van der Waals surface area contributed by atoms with Crippen molar-refractivity contribution in [1.29, 1.82) is 0 Å². The number of hydrogen-bond acceptors (Lipinski definition) is 1. The molecule has 16 heavy (non-hydrogen) atoms. The lowest BCUT2D eigenvalue weighted by molar-refractivity contribution is 0.469. The lowest BCUT2D eigenvalue weighted by atomic mass is 10.1. The number of phenolic OH excluding ortho intramolecular Hbond substituents is 1. The fraction of sp³-hybridized carbons (Fsp3) is 0.333. The predicted molar refractivity (Wildman–Crippen MR) is 69.6 cm³/mol. The number of hydrogen-bond donors (Lipinski definition) is 1. The third-order valence-corrected chi connectivity index (χ3v) is 2.64. The first-order chi connectivity index (χ1) is 7.74. The highest BCUT2D eigenvalue weighted by atomic mass is 16.3. The SMILES string of the molecule is C=CCCC/C(C)=C/Cc1ccccc1O. The highest BCUT2D eigenvalue weighted by Gasteiger charge is 1.97. The highest BCUT2D eigenvalue weighted by Crippen LogP contribution is 2.17. The van der Waals surface area contributed by atoms with Crippen LogP contribution in [0.2, 0.25) is 0 Å². The minimum Gasteiger partial charge on any atom is -0.508 e. The molecule has 0 heterocycles. The first-order valence-corrected chi connectivity index (χ1v) is 5.77. The Morgan fingerprint density at radius 2 is 2.12 bits per heavy atom. The van der Waals surface area contributed by atoms with Crippen LogP contribution in [0.3, 0.4) is 0 Å². The van der Waals surface area contributed by atoms with Crippen LogP contribution >= 0.6 is 0 Å². The van der Waals surface area contributed by atoms with E-state index in [9.17, 15) is 5.11 Å². The van der Waals surface area contributed by atoms with E-state index in [4.69, 9.17) is 0 Å². The summed E-state index contributed by atoms with van der Waals surface area (Å²) in [5, 5.41) is 9.60. The van der Waals surface area contributed by atoms with E-state index in [0.29, 0.717) is 5.75 Å². The molecule has 1 heteroatoms. The summed E-state index contributed by atoms with van der Waals surface area (Å²) in [6.45, 7) is 5.85. The van der Waals surface area contributed by atoms with Gasteiger partial charge in [0.05, 0.1) is 0 Å². The largest absolute Gasteiger partial charge is 0.508 e. The fourth-order valence-electron chi connectivity index (χ4n) is 1.59. The van der Waals surface area contributed by atoms with Crippen LogP contribution in [0.1, 0.15) is 31.7 Å². The summed E-state index contributed by atoms with van der Waals surface area (Å²) >= 11 is 0. The maximum absolute atomic E-state index is 9.60. The van der Waals surface area contributed by atoms with Crippen molar-refractivity contribution in [3.63, 3.8) is 0 Å². The van der Waals surface area contributed by atoms with Crippen molar-refractivity contribution in [3.05, 3.63) is 54.1 Å². The number of allylic oxidation sites excluding steroid dienone is 3. The standard InChI is InChI=1S/C15H20O/c1-3-4-5-8-13(2)11-12-14-9-6-7-10-15(14)16/h3,6-7,9-11,16H,1,4-5,8,12H2,2H3/b13-11+. The maximum atomic E-state index is 9.60. The van der Waals surface area contributed by atoms with Crippen molar-refractivity contribution in [2.24, 2.45) is 0 Å². The molecule has 0 aromatic heterocycles. The molecule has 0 aliphatic rings. The van der Waals surface area contributed by atoms with Gasteiger partial charge in [-0.25, -0.2) is 0 Å². The zero-order valence-corrected chi connectivity index (χ0v) is 9.95. The average Bonchev–Trinajstić information content (AvgIpc) is 2.28. The fourth-order valence-corrected chi connectivity index (χ4v) is 1.59. The first-order valence-electron chi connectivity index (χ1n) is 5.77. The van der Waals surface area contributed by atoms with Gasteiger partial charge in [0.1, 0.15) is 5.75 Å². The lowest BCUT2D eigenvalue weighted by Crippen LogP contribution is -1.84. The second-order valence-corrected chi connectivity index (χ2v) is 4.06.